The molecule has 6 nitrogen and oxygen atoms in total. The van der Waals surface area contributed by atoms with Crippen LogP contribution in [0, 0.1) is 13.8 Å². The number of amides is 2. The van der Waals surface area contributed by atoms with Gasteiger partial charge in [0.05, 0.1) is 16.4 Å². The van der Waals surface area contributed by atoms with E-state index < -0.39 is 6.04 Å². The van der Waals surface area contributed by atoms with Crippen molar-refractivity contribution in [3.05, 3.63) is 40.7 Å². The van der Waals surface area contributed by atoms with Crippen LogP contribution >= 0.6 is 11.6 Å². The first-order chi connectivity index (χ1) is 10.8. The molecule has 1 aromatic heterocycles. The minimum absolute atomic E-state index is 0.202. The molecule has 0 aliphatic rings. The SMILES string of the molecule is CC(=O)Nc1cc(NC(=O)C(C)n2nc(C)cc2C)ccc1Cl. The molecule has 1 unspecified atom stereocenters. The van der Waals surface area contributed by atoms with Crippen molar-refractivity contribution in [1.82, 2.24) is 9.78 Å². The van der Waals surface area contributed by atoms with Crippen molar-refractivity contribution in [3.63, 3.8) is 0 Å². The normalized spacial score (nSPS) is 11.9. The third-order valence-corrected chi connectivity index (χ3v) is 3.67. The Balaban J connectivity index is 2.16. The van der Waals surface area contributed by atoms with E-state index in [1.807, 2.05) is 19.9 Å². The highest BCUT2D eigenvalue weighted by molar-refractivity contribution is 6.33. The summed E-state index contributed by atoms with van der Waals surface area (Å²) in [5.41, 5.74) is 2.79. The van der Waals surface area contributed by atoms with Crippen LogP contribution in [0.1, 0.15) is 31.3 Å². The lowest BCUT2D eigenvalue weighted by Crippen LogP contribution is -2.25. The number of nitrogens with zero attached hydrogens (tertiary/aromatic N) is 2. The van der Waals surface area contributed by atoms with Gasteiger partial charge in [-0.05, 0) is 45.0 Å². The maximum Gasteiger partial charge on any atom is 0.248 e. The Morgan fingerprint density at radius 1 is 1.22 bits per heavy atom. The molecule has 2 rings (SSSR count). The summed E-state index contributed by atoms with van der Waals surface area (Å²) in [6, 6.07) is 6.38. The summed E-state index contributed by atoms with van der Waals surface area (Å²) in [5, 5.41) is 10.2. The third kappa shape index (κ3) is 4.10. The Morgan fingerprint density at radius 3 is 2.48 bits per heavy atom. The average Bonchev–Trinajstić information content (AvgIpc) is 2.80. The summed E-state index contributed by atoms with van der Waals surface area (Å²) in [7, 11) is 0. The summed E-state index contributed by atoms with van der Waals surface area (Å²) in [4.78, 5) is 23.6. The first-order valence-electron chi connectivity index (χ1n) is 7.18. The van der Waals surface area contributed by atoms with Crippen molar-refractivity contribution in [1.29, 1.82) is 0 Å². The Hall–Kier alpha value is -2.34. The number of aryl methyl sites for hydroxylation is 2. The molecule has 2 aromatic rings. The van der Waals surface area contributed by atoms with Crippen LogP contribution in [-0.4, -0.2) is 21.6 Å². The first-order valence-corrected chi connectivity index (χ1v) is 7.56. The molecular weight excluding hydrogens is 316 g/mol. The molecule has 0 saturated carbocycles. The first kappa shape index (κ1) is 17.0. The molecule has 2 N–H and O–H groups in total. The number of rotatable bonds is 4. The van der Waals surface area contributed by atoms with Gasteiger partial charge in [-0.3, -0.25) is 14.3 Å². The maximum absolute atomic E-state index is 12.4. The lowest BCUT2D eigenvalue weighted by atomic mass is 10.2. The number of nitrogens with one attached hydrogen (secondary N) is 2. The summed E-state index contributed by atoms with van der Waals surface area (Å²) < 4.78 is 1.68. The second kappa shape index (κ2) is 6.83. The molecule has 1 aromatic carbocycles. The zero-order valence-corrected chi connectivity index (χ0v) is 14.2. The predicted molar refractivity (Wildman–Crippen MR) is 90.8 cm³/mol. The van der Waals surface area contributed by atoms with Crippen molar-refractivity contribution < 1.29 is 9.59 Å². The van der Waals surface area contributed by atoms with E-state index in [9.17, 15) is 9.59 Å². The van der Waals surface area contributed by atoms with Gasteiger partial charge in [0.15, 0.2) is 0 Å². The topological polar surface area (TPSA) is 76.0 Å². The smallest absolute Gasteiger partial charge is 0.248 e. The van der Waals surface area contributed by atoms with Crippen molar-refractivity contribution in [2.24, 2.45) is 0 Å². The minimum Gasteiger partial charge on any atom is -0.325 e. The molecule has 0 bridgehead atoms. The minimum atomic E-state index is -0.455. The lowest BCUT2D eigenvalue weighted by Gasteiger charge is -2.15. The molecule has 1 heterocycles. The molecular formula is C16H19ClN4O2. The van der Waals surface area contributed by atoms with E-state index in [1.165, 1.54) is 6.92 Å². The van der Waals surface area contributed by atoms with Crippen LogP contribution < -0.4 is 10.6 Å². The van der Waals surface area contributed by atoms with Crippen LogP contribution in [0.2, 0.25) is 5.02 Å². The van der Waals surface area contributed by atoms with Gasteiger partial charge in [0.2, 0.25) is 11.8 Å². The zero-order chi connectivity index (χ0) is 17.1. The Morgan fingerprint density at radius 2 is 1.91 bits per heavy atom. The zero-order valence-electron chi connectivity index (χ0n) is 13.5. The van der Waals surface area contributed by atoms with Crippen molar-refractivity contribution in [2.75, 3.05) is 10.6 Å². The van der Waals surface area contributed by atoms with E-state index in [-0.39, 0.29) is 11.8 Å². The molecule has 1 atom stereocenters. The number of halogens is 1. The molecule has 0 aliphatic heterocycles. The Bertz CT molecular complexity index is 755. The molecule has 0 aliphatic carbocycles. The monoisotopic (exact) mass is 334 g/mol. The van der Waals surface area contributed by atoms with E-state index in [2.05, 4.69) is 15.7 Å². The maximum atomic E-state index is 12.4. The quantitative estimate of drug-likeness (QED) is 0.900. The van der Waals surface area contributed by atoms with Crippen LogP contribution in [0.5, 0.6) is 0 Å². The van der Waals surface area contributed by atoms with E-state index >= 15 is 0 Å². The number of hydrogen-bond donors (Lipinski definition) is 2. The van der Waals surface area contributed by atoms with Crippen molar-refractivity contribution in [3.8, 4) is 0 Å². The highest BCUT2D eigenvalue weighted by Crippen LogP contribution is 2.26. The predicted octanol–water partition coefficient (Wildman–Crippen LogP) is 3.31. The molecule has 0 radical (unpaired) electrons. The van der Waals surface area contributed by atoms with Crippen LogP contribution in [0.4, 0.5) is 11.4 Å². The van der Waals surface area contributed by atoms with E-state index in [4.69, 9.17) is 11.6 Å². The second-order valence-electron chi connectivity index (χ2n) is 5.41. The fraction of sp³-hybridized carbons (Fsp3) is 0.312. The Kier molecular flexibility index (Phi) is 5.05. The number of benzene rings is 1. The summed E-state index contributed by atoms with van der Waals surface area (Å²) >= 11 is 6.02. The molecule has 0 spiro atoms. The van der Waals surface area contributed by atoms with Gasteiger partial charge in [-0.25, -0.2) is 0 Å². The number of carbonyl (C=O) groups excluding carboxylic acids is 2. The molecule has 23 heavy (non-hydrogen) atoms. The summed E-state index contributed by atoms with van der Waals surface area (Å²) in [6.45, 7) is 6.96. The third-order valence-electron chi connectivity index (χ3n) is 3.34. The van der Waals surface area contributed by atoms with Gasteiger partial charge in [0, 0.05) is 18.3 Å². The Labute approximate surface area is 139 Å². The summed E-state index contributed by atoms with van der Waals surface area (Å²) in [6.07, 6.45) is 0. The van der Waals surface area contributed by atoms with Crippen molar-refractivity contribution in [2.45, 2.75) is 33.7 Å². The number of anilines is 2. The van der Waals surface area contributed by atoms with Gasteiger partial charge in [-0.1, -0.05) is 11.6 Å². The van der Waals surface area contributed by atoms with Crippen molar-refractivity contribution >= 4 is 34.8 Å². The van der Waals surface area contributed by atoms with Gasteiger partial charge in [0.25, 0.3) is 0 Å². The number of aromatic nitrogens is 2. The molecule has 2 amide bonds. The average molecular weight is 335 g/mol. The van der Waals surface area contributed by atoms with Gasteiger partial charge >= 0.3 is 0 Å². The largest absolute Gasteiger partial charge is 0.325 e. The summed E-state index contributed by atoms with van der Waals surface area (Å²) in [5.74, 6) is -0.432. The van der Waals surface area contributed by atoms with E-state index in [1.54, 1.807) is 29.8 Å². The van der Waals surface area contributed by atoms with E-state index in [0.29, 0.717) is 16.4 Å². The van der Waals surface area contributed by atoms with Crippen LogP contribution in [0.15, 0.2) is 24.3 Å². The van der Waals surface area contributed by atoms with Gasteiger partial charge in [0.1, 0.15) is 6.04 Å². The number of carbonyl (C=O) groups is 2. The van der Waals surface area contributed by atoms with Crippen LogP contribution in [0.3, 0.4) is 0 Å². The van der Waals surface area contributed by atoms with Gasteiger partial charge < -0.3 is 10.6 Å². The molecule has 0 fully saturated rings. The fourth-order valence-corrected chi connectivity index (χ4v) is 2.45. The number of hydrogen-bond acceptors (Lipinski definition) is 3. The highest BCUT2D eigenvalue weighted by atomic mass is 35.5. The van der Waals surface area contributed by atoms with Crippen LogP contribution in [-0.2, 0) is 9.59 Å². The van der Waals surface area contributed by atoms with Gasteiger partial charge in [-0.2, -0.15) is 5.10 Å². The second-order valence-corrected chi connectivity index (χ2v) is 5.82. The van der Waals surface area contributed by atoms with E-state index in [0.717, 1.165) is 11.4 Å². The molecule has 7 heteroatoms. The fourth-order valence-electron chi connectivity index (χ4n) is 2.28. The van der Waals surface area contributed by atoms with Crippen LogP contribution in [0.25, 0.3) is 0 Å². The van der Waals surface area contributed by atoms with Gasteiger partial charge in [-0.15, -0.1) is 0 Å². The standard InChI is InChI=1S/C16H19ClN4O2/c1-9-7-10(2)21(20-9)11(3)16(23)19-13-5-6-14(17)15(8-13)18-12(4)22/h5-8,11H,1-4H3,(H,18,22)(H,19,23). The molecule has 122 valence electrons. The highest BCUT2D eigenvalue weighted by Gasteiger charge is 2.18. The lowest BCUT2D eigenvalue weighted by molar-refractivity contribution is -0.119. The molecule has 0 saturated heterocycles.